The molecule has 0 unspecified atom stereocenters. The van der Waals surface area contributed by atoms with Crippen molar-refractivity contribution in [3.8, 4) is 0 Å². The lowest BCUT2D eigenvalue weighted by molar-refractivity contribution is 1.49. The quantitative estimate of drug-likeness (QED) is 0.631. The van der Waals surface area contributed by atoms with Crippen LogP contribution >= 0.6 is 31.7 Å². The summed E-state index contributed by atoms with van der Waals surface area (Å²) in [5.74, 6) is 1.49. The zero-order valence-electron chi connectivity index (χ0n) is 11.9. The molecular weight excluding hydrogens is 256 g/mol. The van der Waals surface area contributed by atoms with E-state index in [2.05, 4.69) is 53.3 Å². The van der Waals surface area contributed by atoms with E-state index in [-0.39, 0.29) is 0 Å². The van der Waals surface area contributed by atoms with Crippen LogP contribution in [0, 0.1) is 0 Å². The zero-order chi connectivity index (χ0) is 12.4. The molecule has 0 heterocycles. The lowest BCUT2D eigenvalue weighted by Gasteiger charge is -2.07. The van der Waals surface area contributed by atoms with Crippen molar-refractivity contribution in [1.29, 1.82) is 0 Å². The van der Waals surface area contributed by atoms with E-state index in [1.165, 1.54) is 18.2 Å². The maximum atomic E-state index is 2.36. The third kappa shape index (κ3) is 25.7. The molecule has 0 bridgehead atoms. The van der Waals surface area contributed by atoms with E-state index in [9.17, 15) is 0 Å². The van der Waals surface area contributed by atoms with Gasteiger partial charge in [-0.1, -0.05) is 0 Å². The van der Waals surface area contributed by atoms with Crippen LogP contribution in [0.3, 0.4) is 0 Å². The summed E-state index contributed by atoms with van der Waals surface area (Å²) in [6.45, 7) is 18.8. The molecular formula is C11H30P4. The van der Waals surface area contributed by atoms with E-state index in [4.69, 9.17) is 0 Å². The lowest BCUT2D eigenvalue weighted by Crippen LogP contribution is -1.86. The molecule has 4 heteroatoms. The summed E-state index contributed by atoms with van der Waals surface area (Å²) >= 11 is 0. The maximum absolute atomic E-state index is 2.36. The molecule has 0 aliphatic rings. The Kier molecular flexibility index (Phi) is 15.5. The van der Waals surface area contributed by atoms with Crippen LogP contribution in [0.4, 0.5) is 0 Å². The highest BCUT2D eigenvalue weighted by Crippen LogP contribution is 2.40. The van der Waals surface area contributed by atoms with E-state index in [1.807, 2.05) is 0 Å². The molecule has 94 valence electrons. The predicted molar refractivity (Wildman–Crippen MR) is 89.7 cm³/mol. The first kappa shape index (κ1) is 19.1. The van der Waals surface area contributed by atoms with E-state index in [0.29, 0.717) is 31.7 Å². The van der Waals surface area contributed by atoms with Crippen molar-refractivity contribution in [3.63, 3.8) is 0 Å². The summed E-state index contributed by atoms with van der Waals surface area (Å²) in [5.41, 5.74) is 0. The largest absolute Gasteiger partial charge is 0.113 e. The number of rotatable bonds is 5. The molecule has 0 atom stereocenters. The van der Waals surface area contributed by atoms with Gasteiger partial charge in [-0.2, -0.15) is 0 Å². The Balaban J connectivity index is 0. The summed E-state index contributed by atoms with van der Waals surface area (Å²) < 4.78 is 0. The average molecular weight is 286 g/mol. The van der Waals surface area contributed by atoms with Crippen LogP contribution < -0.4 is 0 Å². The molecule has 0 saturated carbocycles. The molecule has 0 nitrogen and oxygen atoms in total. The molecule has 15 heavy (non-hydrogen) atoms. The van der Waals surface area contributed by atoms with Gasteiger partial charge in [0, 0.05) is 0 Å². The third-order valence-corrected chi connectivity index (χ3v) is 8.67. The van der Waals surface area contributed by atoms with Crippen LogP contribution in [0.15, 0.2) is 0 Å². The summed E-state index contributed by atoms with van der Waals surface area (Å²) in [7, 11) is 1.54. The van der Waals surface area contributed by atoms with Gasteiger partial charge in [-0.25, -0.2) is 0 Å². The van der Waals surface area contributed by atoms with Gasteiger partial charge in [0.2, 0.25) is 0 Å². The molecule has 0 spiro atoms. The van der Waals surface area contributed by atoms with Crippen molar-refractivity contribution in [2.24, 2.45) is 0 Å². The smallest absolute Gasteiger partial charge is 0.0130 e. The fourth-order valence-corrected chi connectivity index (χ4v) is 8.69. The molecule has 0 aromatic rings. The monoisotopic (exact) mass is 286 g/mol. The van der Waals surface area contributed by atoms with Gasteiger partial charge >= 0.3 is 0 Å². The highest BCUT2D eigenvalue weighted by molar-refractivity contribution is 7.73. The van der Waals surface area contributed by atoms with Gasteiger partial charge in [0.15, 0.2) is 0 Å². The minimum absolute atomic E-state index is 0.383. The van der Waals surface area contributed by atoms with Crippen molar-refractivity contribution in [2.75, 3.05) is 71.5 Å². The van der Waals surface area contributed by atoms with Crippen LogP contribution in [-0.2, 0) is 0 Å². The predicted octanol–water partition coefficient (Wildman–Crippen LogP) is 4.90. The van der Waals surface area contributed by atoms with Gasteiger partial charge in [0.25, 0.3) is 0 Å². The first-order valence-corrected chi connectivity index (χ1v) is 15.0. The van der Waals surface area contributed by atoms with Gasteiger partial charge in [0.05, 0.1) is 0 Å². The van der Waals surface area contributed by atoms with Crippen molar-refractivity contribution in [2.45, 2.75) is 0 Å². The Hall–Kier alpha value is 1.72. The minimum atomic E-state index is 0.383. The number of hydrogen-bond donors (Lipinski definition) is 0. The lowest BCUT2D eigenvalue weighted by atomic mass is 11.0. The first-order valence-electron chi connectivity index (χ1n) is 5.34. The molecule has 0 fully saturated rings. The zero-order valence-corrected chi connectivity index (χ0v) is 15.5. The molecule has 0 aromatic heterocycles. The van der Waals surface area contributed by atoms with Crippen LogP contribution in [0.1, 0.15) is 0 Å². The molecule has 0 amide bonds. The van der Waals surface area contributed by atoms with Crippen molar-refractivity contribution >= 4 is 31.7 Å². The molecule has 0 aliphatic heterocycles. The normalized spacial score (nSPS) is 11.2. The second-order valence-corrected chi connectivity index (χ2v) is 15.6. The Labute approximate surface area is 103 Å². The summed E-state index contributed by atoms with van der Waals surface area (Å²) in [5, 5.41) is 0. The highest BCUT2D eigenvalue weighted by Gasteiger charge is 1.94. The van der Waals surface area contributed by atoms with E-state index in [1.54, 1.807) is 0 Å². The van der Waals surface area contributed by atoms with Gasteiger partial charge in [-0.15, -0.1) is 31.7 Å². The summed E-state index contributed by atoms with van der Waals surface area (Å²) in [6.07, 6.45) is 2.96. The van der Waals surface area contributed by atoms with Gasteiger partial charge < -0.3 is 0 Å². The minimum Gasteiger partial charge on any atom is -0.113 e. The van der Waals surface area contributed by atoms with Crippen molar-refractivity contribution in [3.05, 3.63) is 0 Å². The van der Waals surface area contributed by atoms with Crippen molar-refractivity contribution < 1.29 is 0 Å². The SMILES string of the molecule is CP(C)CCP(C)C.CP(C)CP(C)C. The second-order valence-electron chi connectivity index (χ2n) is 4.91. The third-order valence-electron chi connectivity index (χ3n) is 1.56. The maximum Gasteiger partial charge on any atom is -0.0130 e. The van der Waals surface area contributed by atoms with E-state index >= 15 is 0 Å². The average Bonchev–Trinajstić information content (AvgIpc) is 1.99. The molecule has 0 rings (SSSR count). The van der Waals surface area contributed by atoms with Crippen LogP contribution in [0.25, 0.3) is 0 Å². The molecule has 0 radical (unpaired) electrons. The Morgan fingerprint density at radius 2 is 0.733 bits per heavy atom. The summed E-state index contributed by atoms with van der Waals surface area (Å²) in [4.78, 5) is 0. The van der Waals surface area contributed by atoms with Crippen LogP contribution in [0.5, 0.6) is 0 Å². The van der Waals surface area contributed by atoms with Crippen molar-refractivity contribution in [1.82, 2.24) is 0 Å². The first-order chi connectivity index (χ1) is 6.75. The molecule has 0 N–H and O–H groups in total. The molecule has 0 saturated heterocycles. The van der Waals surface area contributed by atoms with Crippen LogP contribution in [-0.4, -0.2) is 71.5 Å². The Morgan fingerprint density at radius 1 is 0.467 bits per heavy atom. The van der Waals surface area contributed by atoms with E-state index in [0.717, 1.165) is 0 Å². The van der Waals surface area contributed by atoms with Gasteiger partial charge in [-0.3, -0.25) is 0 Å². The standard InChI is InChI=1S/C6H16P2.C5H14P2/c1-7(2)5-6-8(3)4;1-6(2)5-7(3)4/h5-6H2,1-4H3;5H2,1-4H3. The molecule has 0 aromatic carbocycles. The Bertz CT molecular complexity index is 108. The van der Waals surface area contributed by atoms with Gasteiger partial charge in [-0.05, 0) is 71.5 Å². The molecule has 0 aliphatic carbocycles. The topological polar surface area (TPSA) is 0 Å². The summed E-state index contributed by atoms with van der Waals surface area (Å²) in [6, 6.07) is 0. The second kappa shape index (κ2) is 12.2. The fourth-order valence-electron chi connectivity index (χ4n) is 0.966. The van der Waals surface area contributed by atoms with E-state index < -0.39 is 0 Å². The fraction of sp³-hybridized carbons (Fsp3) is 1.00. The number of hydrogen-bond acceptors (Lipinski definition) is 0. The highest BCUT2D eigenvalue weighted by atomic mass is 31.2. The Morgan fingerprint density at radius 3 is 0.800 bits per heavy atom. The van der Waals surface area contributed by atoms with Gasteiger partial charge in [0.1, 0.15) is 0 Å². The van der Waals surface area contributed by atoms with Crippen LogP contribution in [0.2, 0.25) is 0 Å².